The van der Waals surface area contributed by atoms with E-state index in [1.165, 1.54) is 6.26 Å². The Balaban J connectivity index is 1.35. The van der Waals surface area contributed by atoms with Crippen LogP contribution in [0.25, 0.3) is 10.9 Å². The van der Waals surface area contributed by atoms with E-state index >= 15 is 0 Å². The summed E-state index contributed by atoms with van der Waals surface area (Å²) in [6.45, 7) is 1.66. The largest absolute Gasteiger partial charge is 0.497 e. The van der Waals surface area contributed by atoms with Gasteiger partial charge < -0.3 is 49.8 Å². The predicted octanol–water partition coefficient (Wildman–Crippen LogP) is -0.278. The van der Waals surface area contributed by atoms with E-state index in [0.717, 1.165) is 16.8 Å². The lowest BCUT2D eigenvalue weighted by Crippen LogP contribution is -2.60. The molecule has 0 radical (unpaired) electrons. The van der Waals surface area contributed by atoms with E-state index in [4.69, 9.17) is 14.2 Å². The molecule has 6 rings (SSSR count). The first-order valence-corrected chi connectivity index (χ1v) is 13.3. The molecule has 4 aliphatic heterocycles. The van der Waals surface area contributed by atoms with Crippen LogP contribution in [0.3, 0.4) is 0 Å². The highest BCUT2D eigenvalue weighted by Crippen LogP contribution is 2.49. The minimum atomic E-state index is -1.59. The normalized spacial score (nSPS) is 37.5. The van der Waals surface area contributed by atoms with Crippen LogP contribution in [-0.4, -0.2) is 108 Å². The van der Waals surface area contributed by atoms with Crippen molar-refractivity contribution in [2.45, 2.75) is 68.7 Å². The lowest BCUT2D eigenvalue weighted by Gasteiger charge is -2.51. The zero-order valence-electron chi connectivity index (χ0n) is 21.6. The number of carboxylic acids is 2. The van der Waals surface area contributed by atoms with Crippen LogP contribution in [-0.2, 0) is 25.5 Å². The van der Waals surface area contributed by atoms with Crippen LogP contribution in [0.5, 0.6) is 5.75 Å². The average Bonchev–Trinajstić information content (AvgIpc) is 3.30. The molecule has 2 fully saturated rings. The van der Waals surface area contributed by atoms with Gasteiger partial charge in [-0.3, -0.25) is 9.69 Å². The van der Waals surface area contributed by atoms with E-state index in [1.807, 2.05) is 11.8 Å². The maximum absolute atomic E-state index is 12.5. The van der Waals surface area contributed by atoms with Crippen molar-refractivity contribution in [1.29, 1.82) is 0 Å². The third-order valence-electron chi connectivity index (χ3n) is 8.90. The van der Waals surface area contributed by atoms with Gasteiger partial charge >= 0.3 is 11.9 Å². The number of piperidine rings is 1. The number of benzene rings is 1. The maximum Gasteiger partial charge on any atom is 0.334 e. The van der Waals surface area contributed by atoms with E-state index in [2.05, 4.69) is 4.98 Å². The smallest absolute Gasteiger partial charge is 0.334 e. The first kappa shape index (κ1) is 27.0. The third-order valence-corrected chi connectivity index (χ3v) is 8.90. The summed E-state index contributed by atoms with van der Waals surface area (Å²) in [6.07, 6.45) is -5.49. The second kappa shape index (κ2) is 10.0. The Labute approximate surface area is 228 Å². The Morgan fingerprint density at radius 3 is 2.62 bits per heavy atom. The highest BCUT2D eigenvalue weighted by atomic mass is 16.7. The summed E-state index contributed by atoms with van der Waals surface area (Å²) in [5.74, 6) is -2.23. The van der Waals surface area contributed by atoms with Gasteiger partial charge in [0.15, 0.2) is 0 Å². The number of hydrogen-bond acceptors (Lipinski definition) is 10. The molecule has 0 unspecified atom stereocenters. The lowest BCUT2D eigenvalue weighted by molar-refractivity contribution is -0.277. The van der Waals surface area contributed by atoms with Crippen LogP contribution in [0.1, 0.15) is 30.6 Å². The summed E-state index contributed by atoms with van der Waals surface area (Å²) in [5.41, 5.74) is 2.52. The second-order valence-corrected chi connectivity index (χ2v) is 11.0. The molecule has 40 heavy (non-hydrogen) atoms. The average molecular weight is 561 g/mol. The van der Waals surface area contributed by atoms with Gasteiger partial charge in [0, 0.05) is 41.4 Å². The molecule has 0 saturated carbocycles. The quantitative estimate of drug-likeness (QED) is 0.253. The molecule has 2 saturated heterocycles. The van der Waals surface area contributed by atoms with Crippen LogP contribution in [0.15, 0.2) is 30.0 Å². The van der Waals surface area contributed by atoms with Crippen LogP contribution in [0.4, 0.5) is 0 Å². The first-order valence-electron chi connectivity index (χ1n) is 13.3. The maximum atomic E-state index is 12.5. The highest BCUT2D eigenvalue weighted by Gasteiger charge is 2.51. The fourth-order valence-corrected chi connectivity index (χ4v) is 6.75. The molecule has 2 aromatic rings. The number of aromatic amines is 1. The van der Waals surface area contributed by atoms with Gasteiger partial charge in [-0.05, 0) is 37.1 Å². The van der Waals surface area contributed by atoms with Crippen LogP contribution in [0.2, 0.25) is 0 Å². The van der Waals surface area contributed by atoms with E-state index in [1.54, 1.807) is 18.2 Å². The van der Waals surface area contributed by atoms with Crippen molar-refractivity contribution < 1.29 is 54.4 Å². The molecule has 5 heterocycles. The van der Waals surface area contributed by atoms with Gasteiger partial charge in [0.2, 0.25) is 6.29 Å². The fourth-order valence-electron chi connectivity index (χ4n) is 6.75. The first-order chi connectivity index (χ1) is 19.1. The zero-order valence-corrected chi connectivity index (χ0v) is 21.6. The summed E-state index contributed by atoms with van der Waals surface area (Å²) < 4.78 is 16.9. The van der Waals surface area contributed by atoms with Crippen molar-refractivity contribution in [3.63, 3.8) is 0 Å². The van der Waals surface area contributed by atoms with E-state index in [-0.39, 0.29) is 41.7 Å². The summed E-state index contributed by atoms with van der Waals surface area (Å²) in [7, 11) is 0. The number of H-pyrrole nitrogens is 1. The SMILES string of the molecule is C[C@@H]1OC=C(C(=O)O)[C@H]2C[C@H]3c4[nH]c5ccc(O[C@@H]6O[C@H](CO)[C@@H](O)[C@H](O)[C@H]6O)cc5c4C[C@@H](C(=O)O)N3C[C@@H]12. The molecule has 7 N–H and O–H groups in total. The zero-order chi connectivity index (χ0) is 28.5. The Kier molecular flexibility index (Phi) is 6.76. The second-order valence-electron chi connectivity index (χ2n) is 11.0. The molecule has 1 aromatic carbocycles. The number of hydrogen-bond donors (Lipinski definition) is 7. The molecule has 0 amide bonds. The number of aliphatic hydroxyl groups excluding tert-OH is 4. The standard InChI is InChI=1S/C27H32N2O11/c1-10-15-7-29-18(5-12(15)16(9-38-10)25(34)35)21-14(6-19(29)26(36)37)13-4-11(2-3-17(13)28-21)39-27-24(33)23(32)22(31)20(8-30)40-27/h2-4,9-10,12,15,18-20,22-24,27-28,30-33H,5-8H2,1H3,(H,34,35)(H,36,37)/t10-,12-,15-,18-,19-,20+,22+,23-,24+,27+/m0/s1. The number of fused-ring (bicyclic) bond motifs is 6. The van der Waals surface area contributed by atoms with Crippen molar-refractivity contribution in [2.75, 3.05) is 13.2 Å². The van der Waals surface area contributed by atoms with Crippen LogP contribution >= 0.6 is 0 Å². The molecule has 1 aromatic heterocycles. The van der Waals surface area contributed by atoms with Crippen molar-refractivity contribution in [3.05, 3.63) is 41.3 Å². The molecular formula is C27H32N2O11. The number of ether oxygens (including phenoxy) is 3. The predicted molar refractivity (Wildman–Crippen MR) is 135 cm³/mol. The Hall–Kier alpha value is -3.20. The van der Waals surface area contributed by atoms with Gasteiger partial charge in [-0.15, -0.1) is 0 Å². The van der Waals surface area contributed by atoms with Gasteiger partial charge in [0.1, 0.15) is 36.2 Å². The van der Waals surface area contributed by atoms with Crippen LogP contribution in [0, 0.1) is 11.8 Å². The third kappa shape index (κ3) is 4.24. The molecule has 10 atom stereocenters. The van der Waals surface area contributed by atoms with E-state index in [9.17, 15) is 40.2 Å². The number of carbonyl (C=O) groups is 2. The number of aliphatic hydroxyl groups is 4. The highest BCUT2D eigenvalue weighted by molar-refractivity contribution is 5.89. The number of nitrogens with one attached hydrogen (secondary N) is 1. The van der Waals surface area contributed by atoms with Crippen molar-refractivity contribution in [1.82, 2.24) is 9.88 Å². The minimum absolute atomic E-state index is 0.168. The van der Waals surface area contributed by atoms with E-state index < -0.39 is 55.3 Å². The van der Waals surface area contributed by atoms with Crippen molar-refractivity contribution >= 4 is 22.8 Å². The minimum Gasteiger partial charge on any atom is -0.497 e. The van der Waals surface area contributed by atoms with Gasteiger partial charge in [0.05, 0.1) is 30.6 Å². The monoisotopic (exact) mass is 560 g/mol. The molecule has 0 spiro atoms. The molecular weight excluding hydrogens is 528 g/mol. The van der Waals surface area contributed by atoms with Gasteiger partial charge in [-0.2, -0.15) is 0 Å². The number of aromatic nitrogens is 1. The topological polar surface area (TPSA) is 202 Å². The number of nitrogens with zero attached hydrogens (tertiary/aromatic N) is 1. The van der Waals surface area contributed by atoms with Crippen molar-refractivity contribution in [2.24, 2.45) is 11.8 Å². The molecule has 0 aliphatic carbocycles. The fraction of sp³-hybridized carbons (Fsp3) is 0.556. The Morgan fingerprint density at radius 2 is 1.93 bits per heavy atom. The number of aliphatic carboxylic acids is 2. The van der Waals surface area contributed by atoms with E-state index in [0.29, 0.717) is 18.4 Å². The van der Waals surface area contributed by atoms with Gasteiger partial charge in [0.25, 0.3) is 0 Å². The molecule has 216 valence electrons. The van der Waals surface area contributed by atoms with Gasteiger partial charge in [-0.1, -0.05) is 0 Å². The number of rotatable bonds is 5. The number of carboxylic acid groups (broad SMARTS) is 2. The van der Waals surface area contributed by atoms with Crippen molar-refractivity contribution in [3.8, 4) is 5.75 Å². The lowest BCUT2D eigenvalue weighted by atomic mass is 9.71. The van der Waals surface area contributed by atoms with Gasteiger partial charge in [-0.25, -0.2) is 4.79 Å². The molecule has 0 bridgehead atoms. The molecule has 13 heteroatoms. The summed E-state index contributed by atoms with van der Waals surface area (Å²) in [4.78, 5) is 29.8. The Bertz CT molecular complexity index is 1360. The molecule has 4 aliphatic rings. The summed E-state index contributed by atoms with van der Waals surface area (Å²) in [5, 5.41) is 60.7. The van der Waals surface area contributed by atoms with Crippen LogP contribution < -0.4 is 4.74 Å². The molecule has 13 nitrogen and oxygen atoms in total. The Morgan fingerprint density at radius 1 is 1.15 bits per heavy atom. The summed E-state index contributed by atoms with van der Waals surface area (Å²) >= 11 is 0. The summed E-state index contributed by atoms with van der Waals surface area (Å²) in [6, 6.07) is 3.87.